The van der Waals surface area contributed by atoms with E-state index in [-0.39, 0.29) is 19.4 Å². The largest absolute Gasteiger partial charge is 0.480 e. The van der Waals surface area contributed by atoms with Crippen molar-refractivity contribution in [2.45, 2.75) is 25.5 Å². The third-order valence-electron chi connectivity index (χ3n) is 2.22. The molecule has 0 bridgehead atoms. The summed E-state index contributed by atoms with van der Waals surface area (Å²) in [4.78, 5) is 21.7. The summed E-state index contributed by atoms with van der Waals surface area (Å²) in [6, 6.07) is 8.25. The molecule has 22 heavy (non-hydrogen) atoms. The fourth-order valence-corrected chi connectivity index (χ4v) is 1.21. The van der Waals surface area contributed by atoms with Gasteiger partial charge in [-0.2, -0.15) is 8.42 Å². The molecule has 0 saturated heterocycles. The van der Waals surface area contributed by atoms with Crippen LogP contribution < -0.4 is 5.73 Å². The van der Waals surface area contributed by atoms with Crippen LogP contribution in [0.5, 0.6) is 0 Å². The zero-order valence-electron chi connectivity index (χ0n) is 12.0. The lowest BCUT2D eigenvalue weighted by atomic mass is 10.2. The molecular weight excluding hydrogens is 314 g/mol. The number of aliphatic carboxylic acids is 1. The molecule has 0 aromatic heterocycles. The van der Waals surface area contributed by atoms with Crippen molar-refractivity contribution in [1.82, 2.24) is 0 Å². The maximum Gasteiger partial charge on any atom is 0.320 e. The summed E-state index contributed by atoms with van der Waals surface area (Å²) >= 11 is 0. The highest BCUT2D eigenvalue weighted by atomic mass is 32.2. The number of ether oxygens (including phenoxy) is 1. The van der Waals surface area contributed by atoms with Gasteiger partial charge in [-0.3, -0.25) is 14.1 Å². The first-order valence-corrected chi connectivity index (χ1v) is 8.05. The summed E-state index contributed by atoms with van der Waals surface area (Å²) in [5, 5.41) is 8.53. The van der Waals surface area contributed by atoms with Gasteiger partial charge in [0.25, 0.3) is 10.1 Å². The van der Waals surface area contributed by atoms with Crippen molar-refractivity contribution in [3.8, 4) is 0 Å². The van der Waals surface area contributed by atoms with Gasteiger partial charge in [0.2, 0.25) is 0 Å². The standard InChI is InChI=1S/C12H15NO4.CH4O3S/c13-10(12(15)16)6-7-11(14)17-8-9-4-2-1-3-5-9;1-5(2,3)4/h1-5,10H,6-8,13H2,(H,15,16);1H3,(H,2,3,4). The van der Waals surface area contributed by atoms with E-state index in [0.29, 0.717) is 6.26 Å². The molecule has 124 valence electrons. The summed E-state index contributed by atoms with van der Waals surface area (Å²) in [5.74, 6) is -1.55. The smallest absolute Gasteiger partial charge is 0.320 e. The topological polar surface area (TPSA) is 144 Å². The lowest BCUT2D eigenvalue weighted by molar-refractivity contribution is -0.145. The Hall–Kier alpha value is -1.97. The van der Waals surface area contributed by atoms with Gasteiger partial charge >= 0.3 is 11.9 Å². The number of carbonyl (C=O) groups excluding carboxylic acids is 1. The van der Waals surface area contributed by atoms with Crippen LogP contribution >= 0.6 is 0 Å². The van der Waals surface area contributed by atoms with Crippen LogP contribution in [-0.2, 0) is 31.1 Å². The van der Waals surface area contributed by atoms with Gasteiger partial charge in [-0.1, -0.05) is 30.3 Å². The molecule has 0 spiro atoms. The zero-order valence-corrected chi connectivity index (χ0v) is 12.8. The van der Waals surface area contributed by atoms with Gasteiger partial charge in [0.05, 0.1) is 6.26 Å². The maximum atomic E-state index is 11.3. The summed E-state index contributed by atoms with van der Waals surface area (Å²) in [6.45, 7) is 0.196. The van der Waals surface area contributed by atoms with E-state index in [4.69, 9.17) is 20.1 Å². The molecule has 1 aromatic rings. The molecule has 0 amide bonds. The monoisotopic (exact) mass is 333 g/mol. The van der Waals surface area contributed by atoms with E-state index in [1.54, 1.807) is 0 Å². The predicted molar refractivity (Wildman–Crippen MR) is 78.6 cm³/mol. The van der Waals surface area contributed by atoms with E-state index in [9.17, 15) is 18.0 Å². The van der Waals surface area contributed by atoms with Crippen LogP contribution in [0, 0.1) is 0 Å². The van der Waals surface area contributed by atoms with Crippen LogP contribution in [0.2, 0.25) is 0 Å². The van der Waals surface area contributed by atoms with Gasteiger partial charge in [-0.25, -0.2) is 0 Å². The van der Waals surface area contributed by atoms with Crippen molar-refractivity contribution in [2.75, 3.05) is 6.26 Å². The van der Waals surface area contributed by atoms with Gasteiger partial charge < -0.3 is 15.6 Å². The normalized spacial score (nSPS) is 11.8. The molecule has 0 aliphatic rings. The van der Waals surface area contributed by atoms with Crippen molar-refractivity contribution in [1.29, 1.82) is 0 Å². The summed E-state index contributed by atoms with van der Waals surface area (Å²) in [6.07, 6.45) is 0.816. The van der Waals surface area contributed by atoms with Crippen molar-refractivity contribution < 1.29 is 32.4 Å². The molecule has 0 aliphatic heterocycles. The van der Waals surface area contributed by atoms with Crippen LogP contribution in [0.25, 0.3) is 0 Å². The molecule has 1 aromatic carbocycles. The number of hydrogen-bond donors (Lipinski definition) is 3. The first-order valence-electron chi connectivity index (χ1n) is 6.20. The molecule has 0 saturated carbocycles. The molecule has 4 N–H and O–H groups in total. The van der Waals surface area contributed by atoms with E-state index in [0.717, 1.165) is 5.56 Å². The molecule has 1 rings (SSSR count). The molecule has 9 heteroatoms. The Labute approximate surface area is 128 Å². The average molecular weight is 333 g/mol. The quantitative estimate of drug-likeness (QED) is 0.502. The van der Waals surface area contributed by atoms with Gasteiger partial charge in [0.1, 0.15) is 12.6 Å². The number of hydrogen-bond acceptors (Lipinski definition) is 6. The minimum Gasteiger partial charge on any atom is -0.480 e. The minimum absolute atomic E-state index is 0.0142. The van der Waals surface area contributed by atoms with Crippen LogP contribution in [0.3, 0.4) is 0 Å². The van der Waals surface area contributed by atoms with Crippen LogP contribution in [0.15, 0.2) is 30.3 Å². The fourth-order valence-electron chi connectivity index (χ4n) is 1.21. The Morgan fingerprint density at radius 1 is 1.27 bits per heavy atom. The highest BCUT2D eigenvalue weighted by molar-refractivity contribution is 7.85. The van der Waals surface area contributed by atoms with Crippen molar-refractivity contribution in [2.24, 2.45) is 5.73 Å². The summed E-state index contributed by atoms with van der Waals surface area (Å²) in [7, 11) is -3.67. The number of carboxylic acids is 1. The average Bonchev–Trinajstić information content (AvgIpc) is 2.41. The number of benzene rings is 1. The van der Waals surface area contributed by atoms with Crippen molar-refractivity contribution in [3.05, 3.63) is 35.9 Å². The lowest BCUT2D eigenvalue weighted by Gasteiger charge is -2.07. The lowest BCUT2D eigenvalue weighted by Crippen LogP contribution is -2.30. The Morgan fingerprint density at radius 3 is 2.23 bits per heavy atom. The Kier molecular flexibility index (Phi) is 8.99. The molecule has 0 radical (unpaired) electrons. The maximum absolute atomic E-state index is 11.3. The third kappa shape index (κ3) is 13.0. The number of esters is 1. The van der Waals surface area contributed by atoms with E-state index in [1.807, 2.05) is 30.3 Å². The van der Waals surface area contributed by atoms with Gasteiger partial charge in [0, 0.05) is 6.42 Å². The summed E-state index contributed by atoms with van der Waals surface area (Å²) in [5.41, 5.74) is 6.16. The van der Waals surface area contributed by atoms with E-state index in [1.165, 1.54) is 0 Å². The number of nitrogens with two attached hydrogens (primary N) is 1. The summed E-state index contributed by atoms with van der Waals surface area (Å²) < 4.78 is 30.8. The Bertz CT molecular complexity index is 563. The van der Waals surface area contributed by atoms with Crippen LogP contribution in [-0.4, -0.2) is 42.3 Å². The molecule has 0 fully saturated rings. The van der Waals surface area contributed by atoms with Crippen LogP contribution in [0.4, 0.5) is 0 Å². The third-order valence-corrected chi connectivity index (χ3v) is 2.22. The molecule has 1 unspecified atom stereocenters. The predicted octanol–water partition coefficient (Wildman–Crippen LogP) is 0.426. The molecule has 1 atom stereocenters. The minimum atomic E-state index is -3.67. The van der Waals surface area contributed by atoms with E-state index in [2.05, 4.69) is 0 Å². The first-order chi connectivity index (χ1) is 10.1. The molecule has 0 aliphatic carbocycles. The number of carbonyl (C=O) groups is 2. The van der Waals surface area contributed by atoms with Gasteiger partial charge in [0.15, 0.2) is 0 Å². The Morgan fingerprint density at radius 2 is 1.77 bits per heavy atom. The van der Waals surface area contributed by atoms with Gasteiger partial charge in [-0.15, -0.1) is 0 Å². The van der Waals surface area contributed by atoms with Gasteiger partial charge in [-0.05, 0) is 12.0 Å². The second kappa shape index (κ2) is 9.87. The highest BCUT2D eigenvalue weighted by Crippen LogP contribution is 2.03. The van der Waals surface area contributed by atoms with E-state index >= 15 is 0 Å². The number of carboxylic acid groups (broad SMARTS) is 1. The van der Waals surface area contributed by atoms with Crippen molar-refractivity contribution in [3.63, 3.8) is 0 Å². The number of rotatable bonds is 6. The zero-order chi connectivity index (χ0) is 17.2. The molecular formula is C13H19NO7S. The SMILES string of the molecule is CS(=O)(=O)O.NC(CCC(=O)OCc1ccccc1)C(=O)O. The second-order valence-corrected chi connectivity index (χ2v) is 5.83. The first kappa shape index (κ1) is 20.0. The van der Waals surface area contributed by atoms with E-state index < -0.39 is 28.1 Å². The fraction of sp³-hybridized carbons (Fsp3) is 0.385. The molecule has 8 nitrogen and oxygen atoms in total. The highest BCUT2D eigenvalue weighted by Gasteiger charge is 2.13. The van der Waals surface area contributed by atoms with Crippen LogP contribution in [0.1, 0.15) is 18.4 Å². The molecule has 0 heterocycles. The second-order valence-electron chi connectivity index (χ2n) is 4.36. The van der Waals surface area contributed by atoms with Crippen molar-refractivity contribution >= 4 is 22.1 Å². The Balaban J connectivity index is 0.000000763.